The molecule has 26 nitrogen and oxygen atoms in total. The van der Waals surface area contributed by atoms with Crippen LogP contribution in [0.1, 0.15) is 73.0 Å². The normalized spacial score (nSPS) is 14.9. The van der Waals surface area contributed by atoms with E-state index in [0.29, 0.717) is 36.1 Å². The third-order valence-electron chi connectivity index (χ3n) is 12.7. The second-order valence-corrected chi connectivity index (χ2v) is 18.6. The third kappa shape index (κ3) is 23.7. The predicted octanol–water partition coefficient (Wildman–Crippen LogP) is 0.496. The summed E-state index contributed by atoms with van der Waals surface area (Å²) in [6.07, 6.45) is 2.27. The maximum atomic E-state index is 13.7. The summed E-state index contributed by atoms with van der Waals surface area (Å²) in [6.45, 7) is 1.97. The lowest BCUT2D eigenvalue weighted by molar-refractivity contribution is -0.141. The van der Waals surface area contributed by atoms with Gasteiger partial charge in [-0.15, -0.1) is 0 Å². The van der Waals surface area contributed by atoms with Crippen molar-refractivity contribution in [2.45, 2.75) is 76.5 Å². The summed E-state index contributed by atoms with van der Waals surface area (Å²) in [5.41, 5.74) is 1.73. The van der Waals surface area contributed by atoms with E-state index >= 15 is 0 Å². The van der Waals surface area contributed by atoms with Crippen LogP contribution >= 0.6 is 0 Å². The smallest absolute Gasteiger partial charge is 0.326 e. The van der Waals surface area contributed by atoms with Gasteiger partial charge in [-0.3, -0.25) is 58.1 Å². The monoisotopic (exact) mass is 1080 g/mol. The molecule has 5 amide bonds. The number of aromatic nitrogens is 1. The summed E-state index contributed by atoms with van der Waals surface area (Å²) < 4.78 is 0. The SMILES string of the molecule is O=C(O)CC[C@@H](NC(=O)N[C@H](CCCCN(Cc1nccc2ccccc12)C(=O)CCCCNC(=O)c1ccc(CNC(=O)CN2CCN(CC(=O)O)CCN(CC(=O)O)CCN(CC(=O)O)CC2)cc1)C(=O)O)C(=O)O. The van der Waals surface area contributed by atoms with Crippen LogP contribution in [0.15, 0.2) is 60.8 Å². The van der Waals surface area contributed by atoms with Gasteiger partial charge >= 0.3 is 41.8 Å². The molecule has 4 rings (SSSR count). The van der Waals surface area contributed by atoms with Crippen molar-refractivity contribution in [2.24, 2.45) is 0 Å². The van der Waals surface area contributed by atoms with Gasteiger partial charge in [0.1, 0.15) is 12.1 Å². The molecule has 1 aliphatic heterocycles. The Bertz CT molecular complexity index is 2460. The fourth-order valence-electron chi connectivity index (χ4n) is 8.45. The van der Waals surface area contributed by atoms with Gasteiger partial charge in [0.15, 0.2) is 0 Å². The van der Waals surface area contributed by atoms with Gasteiger partial charge in [-0.1, -0.05) is 36.4 Å². The number of rotatable bonds is 30. The predicted molar refractivity (Wildman–Crippen MR) is 276 cm³/mol. The van der Waals surface area contributed by atoms with Crippen molar-refractivity contribution in [1.82, 2.24) is 50.8 Å². The summed E-state index contributed by atoms with van der Waals surface area (Å²) in [7, 11) is 0. The van der Waals surface area contributed by atoms with Crippen molar-refractivity contribution >= 4 is 70.3 Å². The Balaban J connectivity index is 1.26. The number of carboxylic acid groups (broad SMARTS) is 6. The first-order valence-electron chi connectivity index (χ1n) is 25.3. The van der Waals surface area contributed by atoms with Crippen LogP contribution in [-0.4, -0.2) is 223 Å². The Morgan fingerprint density at radius 3 is 1.62 bits per heavy atom. The van der Waals surface area contributed by atoms with Crippen LogP contribution in [0.2, 0.25) is 0 Å². The topological polar surface area (TPSA) is 369 Å². The summed E-state index contributed by atoms with van der Waals surface area (Å²) in [4.78, 5) is 135. The first kappa shape index (κ1) is 61.7. The van der Waals surface area contributed by atoms with Crippen molar-refractivity contribution < 1.29 is 78.6 Å². The maximum absolute atomic E-state index is 13.7. The number of unbranched alkanes of at least 4 members (excludes halogenated alkanes) is 2. The fourth-order valence-corrected chi connectivity index (χ4v) is 8.45. The number of hydrogen-bond donors (Lipinski definition) is 10. The Morgan fingerprint density at radius 2 is 1.09 bits per heavy atom. The minimum atomic E-state index is -1.55. The van der Waals surface area contributed by atoms with Gasteiger partial charge in [-0.05, 0) is 67.7 Å². The van der Waals surface area contributed by atoms with E-state index in [-0.39, 0.29) is 142 Å². The van der Waals surface area contributed by atoms with Crippen LogP contribution in [0.3, 0.4) is 0 Å². The summed E-state index contributed by atoms with van der Waals surface area (Å²) in [6, 6.07) is 12.0. The molecule has 0 bridgehead atoms. The molecule has 10 N–H and O–H groups in total. The van der Waals surface area contributed by atoms with Gasteiger partial charge in [0.25, 0.3) is 5.91 Å². The Morgan fingerprint density at radius 1 is 0.558 bits per heavy atom. The molecule has 1 aliphatic rings. The summed E-state index contributed by atoms with van der Waals surface area (Å²) in [5, 5.41) is 68.2. The average Bonchev–Trinajstić information content (AvgIpc) is 3.37. The zero-order chi connectivity index (χ0) is 56.3. The van der Waals surface area contributed by atoms with Crippen molar-refractivity contribution in [3.8, 4) is 0 Å². The Labute approximate surface area is 444 Å². The molecule has 1 saturated heterocycles. The first-order chi connectivity index (χ1) is 36.8. The van der Waals surface area contributed by atoms with Crippen LogP contribution in [0.5, 0.6) is 0 Å². The highest BCUT2D eigenvalue weighted by Crippen LogP contribution is 2.19. The van der Waals surface area contributed by atoms with Crippen LogP contribution in [0.4, 0.5) is 4.79 Å². The van der Waals surface area contributed by atoms with Crippen LogP contribution in [0, 0.1) is 0 Å². The lowest BCUT2D eigenvalue weighted by Gasteiger charge is -2.32. The molecule has 0 aliphatic carbocycles. The molecule has 26 heteroatoms. The number of amides is 5. The molecule has 0 unspecified atom stereocenters. The van der Waals surface area contributed by atoms with Gasteiger partial charge in [0.2, 0.25) is 11.8 Å². The molecule has 1 fully saturated rings. The van der Waals surface area contributed by atoms with Crippen LogP contribution in [0.25, 0.3) is 10.8 Å². The molecular weight excluding hydrogens is 1010 g/mol. The quantitative estimate of drug-likeness (QED) is 0.0406. The molecule has 77 heavy (non-hydrogen) atoms. The van der Waals surface area contributed by atoms with Crippen molar-refractivity contribution in [1.29, 1.82) is 0 Å². The van der Waals surface area contributed by atoms with E-state index in [1.54, 1.807) is 50.1 Å². The van der Waals surface area contributed by atoms with E-state index in [1.165, 1.54) is 0 Å². The Hall–Kier alpha value is -7.81. The minimum absolute atomic E-state index is 0.0536. The minimum Gasteiger partial charge on any atom is -0.481 e. The highest BCUT2D eigenvalue weighted by molar-refractivity contribution is 5.94. The van der Waals surface area contributed by atoms with Gasteiger partial charge in [-0.2, -0.15) is 0 Å². The largest absolute Gasteiger partial charge is 0.481 e. The molecule has 2 heterocycles. The van der Waals surface area contributed by atoms with Crippen molar-refractivity contribution in [3.63, 3.8) is 0 Å². The third-order valence-corrected chi connectivity index (χ3v) is 12.7. The van der Waals surface area contributed by atoms with Crippen molar-refractivity contribution in [3.05, 3.63) is 77.6 Å². The van der Waals surface area contributed by atoms with Gasteiger partial charge in [-0.25, -0.2) is 14.4 Å². The first-order valence-corrected chi connectivity index (χ1v) is 25.3. The molecule has 1 aromatic heterocycles. The molecule has 0 spiro atoms. The lowest BCUT2D eigenvalue weighted by Crippen LogP contribution is -2.51. The molecule has 2 atom stereocenters. The number of carbonyl (C=O) groups is 10. The molecule has 0 saturated carbocycles. The van der Waals surface area contributed by atoms with Gasteiger partial charge < -0.3 is 56.8 Å². The van der Waals surface area contributed by atoms with Crippen LogP contribution in [-0.2, 0) is 51.4 Å². The standard InChI is InChI=1S/C51H70N10O16/c62-42(31-57-21-23-58(32-45(66)67)25-27-60(34-47(70)71)28-26-59(24-22-57)33-46(68)69)54-29-35-11-13-37(14-12-35)48(72)53-18-5-3-10-43(63)61(30-41-38-8-2-1-7-36(38)17-19-52-41)20-6-4-9-39(49(73)74)55-51(77)56-40(50(75)76)15-16-44(64)65/h1-2,7-8,11-14,17,19,39-40H,3-6,9-10,15-16,18,20-34H2,(H,53,72)(H,54,62)(H,64,65)(H,66,67)(H,68,69)(H,70,71)(H,73,74)(H,75,76)(H2,55,56,77)/t39-,40-/m1/s1. The molecular formula is C51H70N10O16. The Kier molecular flexibility index (Phi) is 26.1. The molecule has 0 radical (unpaired) electrons. The van der Waals surface area contributed by atoms with E-state index in [9.17, 15) is 73.5 Å². The number of carbonyl (C=O) groups excluding carboxylic acids is 4. The summed E-state index contributed by atoms with van der Waals surface area (Å²) in [5.74, 6) is -8.15. The molecule has 420 valence electrons. The van der Waals surface area contributed by atoms with Gasteiger partial charge in [0, 0.05) is 102 Å². The zero-order valence-corrected chi connectivity index (χ0v) is 42.8. The second kappa shape index (κ2) is 32.6. The van der Waals surface area contributed by atoms with E-state index in [1.807, 2.05) is 35.2 Å². The number of carboxylic acids is 6. The number of benzene rings is 2. The fraction of sp³-hybridized carbons (Fsp3) is 0.510. The lowest BCUT2D eigenvalue weighted by atomic mass is 10.1. The van der Waals surface area contributed by atoms with Crippen LogP contribution < -0.4 is 21.3 Å². The number of nitrogens with zero attached hydrogens (tertiary/aromatic N) is 6. The highest BCUT2D eigenvalue weighted by Gasteiger charge is 2.26. The molecule has 2 aromatic carbocycles. The van der Waals surface area contributed by atoms with Crippen molar-refractivity contribution in [2.75, 3.05) is 91.6 Å². The number of aliphatic carboxylic acids is 6. The number of nitrogens with one attached hydrogen (secondary N) is 4. The van der Waals surface area contributed by atoms with E-state index in [4.69, 9.17) is 5.11 Å². The highest BCUT2D eigenvalue weighted by atomic mass is 16.4. The average molecular weight is 1080 g/mol. The number of hydrogen-bond acceptors (Lipinski definition) is 15. The van der Waals surface area contributed by atoms with E-state index < -0.39 is 66.8 Å². The molecule has 3 aromatic rings. The zero-order valence-electron chi connectivity index (χ0n) is 42.8. The number of fused-ring (bicyclic) bond motifs is 1. The summed E-state index contributed by atoms with van der Waals surface area (Å²) >= 11 is 0. The van der Waals surface area contributed by atoms with E-state index in [0.717, 1.165) is 10.8 Å². The second-order valence-electron chi connectivity index (χ2n) is 18.6. The number of urea groups is 1. The van der Waals surface area contributed by atoms with E-state index in [2.05, 4.69) is 26.3 Å². The maximum Gasteiger partial charge on any atom is 0.326 e. The van der Waals surface area contributed by atoms with Gasteiger partial charge in [0.05, 0.1) is 38.4 Å². The number of pyridine rings is 1.